The molecule has 1 rings (SSSR count). The molecule has 0 aromatic carbocycles. The highest BCUT2D eigenvalue weighted by atomic mass is 15.2. The van der Waals surface area contributed by atoms with Gasteiger partial charge in [0.1, 0.15) is 0 Å². The van der Waals surface area contributed by atoms with Gasteiger partial charge in [0.25, 0.3) is 0 Å². The summed E-state index contributed by atoms with van der Waals surface area (Å²) in [6.45, 7) is 12.8. The van der Waals surface area contributed by atoms with Crippen LogP contribution in [0.5, 0.6) is 0 Å². The van der Waals surface area contributed by atoms with Crippen LogP contribution in [0.25, 0.3) is 0 Å². The maximum atomic E-state index is 5.90. The minimum atomic E-state index is 0.402. The maximum absolute atomic E-state index is 5.90. The summed E-state index contributed by atoms with van der Waals surface area (Å²) >= 11 is 0. The van der Waals surface area contributed by atoms with E-state index in [1.165, 1.54) is 45.6 Å². The molecule has 0 amide bonds. The maximum Gasteiger partial charge on any atom is 0.0109 e. The first-order valence-electron chi connectivity index (χ1n) is 6.53. The second-order valence-corrected chi connectivity index (χ2v) is 6.48. The zero-order chi connectivity index (χ0) is 12.2. The summed E-state index contributed by atoms with van der Waals surface area (Å²) in [6, 6.07) is 0.448. The van der Waals surface area contributed by atoms with Crippen LogP contribution in [0, 0.1) is 5.41 Å². The molecular formula is C13H29N3. The number of nitrogens with zero attached hydrogens (tertiary/aromatic N) is 2. The average molecular weight is 227 g/mol. The van der Waals surface area contributed by atoms with Gasteiger partial charge in [-0.25, -0.2) is 0 Å². The van der Waals surface area contributed by atoms with Gasteiger partial charge in [0.2, 0.25) is 0 Å². The predicted octanol–water partition coefficient (Wildman–Crippen LogP) is 1.39. The molecule has 2 N–H and O–H groups in total. The normalized spacial score (nSPS) is 20.6. The van der Waals surface area contributed by atoms with E-state index in [-0.39, 0.29) is 0 Å². The van der Waals surface area contributed by atoms with Crippen LogP contribution in [0.15, 0.2) is 0 Å². The third-order valence-electron chi connectivity index (χ3n) is 3.17. The molecule has 0 saturated carbocycles. The van der Waals surface area contributed by atoms with Crippen molar-refractivity contribution in [3.8, 4) is 0 Å². The Balaban J connectivity index is 2.14. The number of likely N-dealkylation sites (tertiary alicyclic amines) is 1. The van der Waals surface area contributed by atoms with Crippen molar-refractivity contribution in [2.45, 2.75) is 39.7 Å². The van der Waals surface area contributed by atoms with Gasteiger partial charge in [0.15, 0.2) is 0 Å². The van der Waals surface area contributed by atoms with Crippen LogP contribution in [-0.4, -0.2) is 55.6 Å². The van der Waals surface area contributed by atoms with E-state index in [9.17, 15) is 0 Å². The quantitative estimate of drug-likeness (QED) is 0.788. The highest BCUT2D eigenvalue weighted by Crippen LogP contribution is 2.14. The minimum Gasteiger partial charge on any atom is -0.328 e. The van der Waals surface area contributed by atoms with Gasteiger partial charge in [-0.3, -0.25) is 0 Å². The molecule has 0 radical (unpaired) electrons. The molecule has 1 aliphatic rings. The first-order chi connectivity index (χ1) is 7.37. The number of hydrogen-bond donors (Lipinski definition) is 1. The first kappa shape index (κ1) is 13.9. The van der Waals surface area contributed by atoms with E-state index in [1.807, 2.05) is 0 Å². The Morgan fingerprint density at radius 3 is 2.31 bits per heavy atom. The number of likely N-dealkylation sites (N-methyl/N-ethyl adjacent to an activating group) is 1. The number of piperidine rings is 1. The molecule has 16 heavy (non-hydrogen) atoms. The van der Waals surface area contributed by atoms with Crippen LogP contribution in [0.1, 0.15) is 33.6 Å². The van der Waals surface area contributed by atoms with Gasteiger partial charge in [-0.15, -0.1) is 0 Å². The topological polar surface area (TPSA) is 32.5 Å². The van der Waals surface area contributed by atoms with Crippen molar-refractivity contribution in [1.29, 1.82) is 0 Å². The molecule has 0 bridgehead atoms. The standard InChI is InChI=1S/C13H29N3/c1-13(2,3)11-15(4)9-10-16-7-5-12(14)6-8-16/h12H,5-11,14H2,1-4H3. The van der Waals surface area contributed by atoms with Crippen LogP contribution in [0.3, 0.4) is 0 Å². The Kier molecular flexibility index (Phi) is 5.22. The molecule has 0 aliphatic carbocycles. The lowest BCUT2D eigenvalue weighted by molar-refractivity contribution is 0.164. The van der Waals surface area contributed by atoms with Crippen LogP contribution < -0.4 is 5.73 Å². The van der Waals surface area contributed by atoms with Crippen LogP contribution in [0.2, 0.25) is 0 Å². The summed E-state index contributed by atoms with van der Waals surface area (Å²) in [5, 5.41) is 0. The molecule has 0 atom stereocenters. The predicted molar refractivity (Wildman–Crippen MR) is 70.6 cm³/mol. The van der Waals surface area contributed by atoms with Gasteiger partial charge in [-0.2, -0.15) is 0 Å². The van der Waals surface area contributed by atoms with E-state index in [1.54, 1.807) is 0 Å². The summed E-state index contributed by atoms with van der Waals surface area (Å²) in [5.41, 5.74) is 6.30. The third-order valence-corrected chi connectivity index (χ3v) is 3.17. The molecule has 3 nitrogen and oxygen atoms in total. The Morgan fingerprint density at radius 2 is 1.81 bits per heavy atom. The van der Waals surface area contributed by atoms with Gasteiger partial charge in [0, 0.05) is 25.7 Å². The average Bonchev–Trinajstić information content (AvgIpc) is 2.14. The lowest BCUT2D eigenvalue weighted by Crippen LogP contribution is -2.43. The Bertz CT molecular complexity index is 190. The monoisotopic (exact) mass is 227 g/mol. The number of rotatable bonds is 4. The zero-order valence-corrected chi connectivity index (χ0v) is 11.5. The van der Waals surface area contributed by atoms with E-state index in [2.05, 4.69) is 37.6 Å². The summed E-state index contributed by atoms with van der Waals surface area (Å²) in [7, 11) is 2.22. The lowest BCUT2D eigenvalue weighted by atomic mass is 9.96. The smallest absolute Gasteiger partial charge is 0.0109 e. The third kappa shape index (κ3) is 5.83. The van der Waals surface area contributed by atoms with Crippen LogP contribution in [-0.2, 0) is 0 Å². The summed E-state index contributed by atoms with van der Waals surface area (Å²) in [4.78, 5) is 4.98. The van der Waals surface area contributed by atoms with Gasteiger partial charge in [-0.05, 0) is 38.4 Å². The molecule has 1 heterocycles. The molecule has 0 unspecified atom stereocenters. The second-order valence-electron chi connectivity index (χ2n) is 6.48. The number of nitrogens with two attached hydrogens (primary N) is 1. The minimum absolute atomic E-state index is 0.402. The summed E-state index contributed by atoms with van der Waals surface area (Å²) < 4.78 is 0. The SMILES string of the molecule is CN(CCN1CCC(N)CC1)CC(C)(C)C. The van der Waals surface area contributed by atoms with Crippen molar-refractivity contribution in [3.63, 3.8) is 0 Å². The first-order valence-corrected chi connectivity index (χ1v) is 6.53. The second kappa shape index (κ2) is 5.99. The van der Waals surface area contributed by atoms with Crippen molar-refractivity contribution in [1.82, 2.24) is 9.80 Å². The molecule has 0 spiro atoms. The van der Waals surface area contributed by atoms with E-state index >= 15 is 0 Å². The van der Waals surface area contributed by atoms with Gasteiger partial charge in [-0.1, -0.05) is 20.8 Å². The van der Waals surface area contributed by atoms with Crippen molar-refractivity contribution in [2.24, 2.45) is 11.1 Å². The Labute approximate surface area is 101 Å². The zero-order valence-electron chi connectivity index (χ0n) is 11.5. The van der Waals surface area contributed by atoms with Gasteiger partial charge < -0.3 is 15.5 Å². The van der Waals surface area contributed by atoms with Gasteiger partial charge in [0.05, 0.1) is 0 Å². The highest BCUT2D eigenvalue weighted by Gasteiger charge is 2.17. The number of hydrogen-bond acceptors (Lipinski definition) is 3. The van der Waals surface area contributed by atoms with Crippen molar-refractivity contribution < 1.29 is 0 Å². The largest absolute Gasteiger partial charge is 0.328 e. The van der Waals surface area contributed by atoms with Crippen molar-refractivity contribution in [3.05, 3.63) is 0 Å². The Hall–Kier alpha value is -0.120. The van der Waals surface area contributed by atoms with E-state index in [0.29, 0.717) is 11.5 Å². The van der Waals surface area contributed by atoms with E-state index < -0.39 is 0 Å². The summed E-state index contributed by atoms with van der Waals surface area (Å²) in [6.07, 6.45) is 2.34. The molecule has 3 heteroatoms. The van der Waals surface area contributed by atoms with E-state index in [4.69, 9.17) is 5.73 Å². The lowest BCUT2D eigenvalue weighted by Gasteiger charge is -2.33. The van der Waals surface area contributed by atoms with Crippen LogP contribution in [0.4, 0.5) is 0 Å². The molecule has 1 fully saturated rings. The highest BCUT2D eigenvalue weighted by molar-refractivity contribution is 4.75. The van der Waals surface area contributed by atoms with Gasteiger partial charge >= 0.3 is 0 Å². The van der Waals surface area contributed by atoms with E-state index in [0.717, 1.165) is 0 Å². The fraction of sp³-hybridized carbons (Fsp3) is 1.00. The summed E-state index contributed by atoms with van der Waals surface area (Å²) in [5.74, 6) is 0. The molecule has 1 saturated heterocycles. The molecule has 96 valence electrons. The van der Waals surface area contributed by atoms with Crippen LogP contribution >= 0.6 is 0 Å². The van der Waals surface area contributed by atoms with Crippen molar-refractivity contribution >= 4 is 0 Å². The Morgan fingerprint density at radius 1 is 1.25 bits per heavy atom. The fourth-order valence-electron chi connectivity index (χ4n) is 2.38. The molecular weight excluding hydrogens is 198 g/mol. The van der Waals surface area contributed by atoms with Crippen molar-refractivity contribution in [2.75, 3.05) is 39.8 Å². The fourth-order valence-corrected chi connectivity index (χ4v) is 2.38. The molecule has 0 aromatic rings. The molecule has 1 aliphatic heterocycles. The molecule has 0 aromatic heterocycles.